The Balaban J connectivity index is 1.93. The van der Waals surface area contributed by atoms with Crippen LogP contribution in [0.1, 0.15) is 26.3 Å². The quantitative estimate of drug-likeness (QED) is 0.493. The highest BCUT2D eigenvalue weighted by atomic mass is 16.4. The molecule has 4 rings (SSSR count). The van der Waals surface area contributed by atoms with E-state index in [0.29, 0.717) is 28.8 Å². The summed E-state index contributed by atoms with van der Waals surface area (Å²) >= 11 is 0. The van der Waals surface area contributed by atoms with Crippen molar-refractivity contribution in [3.05, 3.63) is 102 Å². The third-order valence-electron chi connectivity index (χ3n) is 4.83. The Morgan fingerprint density at radius 2 is 1.30 bits per heavy atom. The normalized spacial score (nSPS) is 10.7. The second-order valence-electron chi connectivity index (χ2n) is 6.82. The fourth-order valence-electron chi connectivity index (χ4n) is 3.52. The third-order valence-corrected chi connectivity index (χ3v) is 4.83. The van der Waals surface area contributed by atoms with Crippen LogP contribution in [-0.4, -0.2) is 31.9 Å². The lowest BCUT2D eigenvalue weighted by molar-refractivity contribution is 0.0687. The van der Waals surface area contributed by atoms with Gasteiger partial charge in [-0.05, 0) is 64.2 Å². The minimum absolute atomic E-state index is 0.186. The fraction of sp³-hybridized carbons (Fsp3) is 0.0417. The van der Waals surface area contributed by atoms with Gasteiger partial charge in [0, 0.05) is 12.4 Å². The summed E-state index contributed by atoms with van der Waals surface area (Å²) in [5, 5.41) is 23.5. The standard InChI is InChI=1S/C24H18N2O4/c27-23(28)21-8-3-1-6-19(21)17-12-16(15-26-11-5-10-25-26)13-18(14-17)20-7-2-4-9-22(20)24(29)30/h1-14H,15H2,(H,27,28)(H,29,30). The van der Waals surface area contributed by atoms with Crippen molar-refractivity contribution in [3.63, 3.8) is 0 Å². The summed E-state index contributed by atoms with van der Waals surface area (Å²) in [6.45, 7) is 0.471. The molecule has 0 aliphatic heterocycles. The van der Waals surface area contributed by atoms with Crippen molar-refractivity contribution in [1.82, 2.24) is 9.78 Å². The van der Waals surface area contributed by atoms with Crippen LogP contribution >= 0.6 is 0 Å². The van der Waals surface area contributed by atoms with Crippen LogP contribution in [0.15, 0.2) is 85.2 Å². The molecule has 1 heterocycles. The molecule has 3 aromatic carbocycles. The van der Waals surface area contributed by atoms with E-state index in [9.17, 15) is 19.8 Å². The zero-order valence-corrected chi connectivity index (χ0v) is 15.9. The largest absolute Gasteiger partial charge is 0.478 e. The van der Waals surface area contributed by atoms with E-state index < -0.39 is 11.9 Å². The second kappa shape index (κ2) is 8.05. The maximum absolute atomic E-state index is 11.7. The summed E-state index contributed by atoms with van der Waals surface area (Å²) in [7, 11) is 0. The van der Waals surface area contributed by atoms with E-state index in [1.54, 1.807) is 59.4 Å². The van der Waals surface area contributed by atoms with E-state index in [0.717, 1.165) is 5.56 Å². The zero-order valence-electron chi connectivity index (χ0n) is 15.9. The molecule has 6 heteroatoms. The number of carbonyl (C=O) groups is 2. The summed E-state index contributed by atoms with van der Waals surface area (Å²) in [5.41, 5.74) is 3.80. The molecule has 0 amide bonds. The number of rotatable bonds is 6. The molecule has 1 aromatic heterocycles. The number of aromatic nitrogens is 2. The topological polar surface area (TPSA) is 92.4 Å². The Hall–Kier alpha value is -4.19. The minimum Gasteiger partial charge on any atom is -0.478 e. The van der Waals surface area contributed by atoms with Gasteiger partial charge in [-0.1, -0.05) is 36.4 Å². The van der Waals surface area contributed by atoms with Gasteiger partial charge < -0.3 is 10.2 Å². The Labute approximate surface area is 172 Å². The zero-order chi connectivity index (χ0) is 21.1. The van der Waals surface area contributed by atoms with Crippen LogP contribution < -0.4 is 0 Å². The highest BCUT2D eigenvalue weighted by Gasteiger charge is 2.16. The maximum atomic E-state index is 11.7. The summed E-state index contributed by atoms with van der Waals surface area (Å²) in [6.07, 6.45) is 3.52. The van der Waals surface area contributed by atoms with Crippen LogP contribution in [0.25, 0.3) is 22.3 Å². The van der Waals surface area contributed by atoms with Gasteiger partial charge in [0.05, 0.1) is 17.7 Å². The van der Waals surface area contributed by atoms with Crippen molar-refractivity contribution in [2.75, 3.05) is 0 Å². The first-order valence-corrected chi connectivity index (χ1v) is 9.30. The molecule has 6 nitrogen and oxygen atoms in total. The highest BCUT2D eigenvalue weighted by molar-refractivity contribution is 5.98. The van der Waals surface area contributed by atoms with Gasteiger partial charge in [0.25, 0.3) is 0 Å². The molecule has 2 N–H and O–H groups in total. The second-order valence-corrected chi connectivity index (χ2v) is 6.82. The van der Waals surface area contributed by atoms with E-state index in [4.69, 9.17) is 0 Å². The molecule has 0 atom stereocenters. The number of benzene rings is 3. The van der Waals surface area contributed by atoms with Crippen LogP contribution in [0.3, 0.4) is 0 Å². The summed E-state index contributed by atoms with van der Waals surface area (Å²) in [5.74, 6) is -2.04. The Morgan fingerprint density at radius 3 is 1.77 bits per heavy atom. The average Bonchev–Trinajstić information content (AvgIpc) is 3.26. The highest BCUT2D eigenvalue weighted by Crippen LogP contribution is 2.32. The number of aromatic carboxylic acids is 2. The molecule has 0 unspecified atom stereocenters. The van der Waals surface area contributed by atoms with Crippen molar-refractivity contribution in [1.29, 1.82) is 0 Å². The molecule has 0 aliphatic carbocycles. The van der Waals surface area contributed by atoms with Gasteiger partial charge in [0.15, 0.2) is 0 Å². The van der Waals surface area contributed by atoms with E-state index in [-0.39, 0.29) is 11.1 Å². The average molecular weight is 398 g/mol. The molecule has 30 heavy (non-hydrogen) atoms. The van der Waals surface area contributed by atoms with Gasteiger partial charge in [0.2, 0.25) is 0 Å². The van der Waals surface area contributed by atoms with Gasteiger partial charge in [-0.2, -0.15) is 5.10 Å². The van der Waals surface area contributed by atoms with Crippen molar-refractivity contribution in [2.45, 2.75) is 6.54 Å². The minimum atomic E-state index is -1.02. The third kappa shape index (κ3) is 3.84. The van der Waals surface area contributed by atoms with Gasteiger partial charge in [-0.25, -0.2) is 9.59 Å². The maximum Gasteiger partial charge on any atom is 0.336 e. The first kappa shape index (κ1) is 19.1. The monoisotopic (exact) mass is 398 g/mol. The summed E-state index contributed by atoms with van der Waals surface area (Å²) in [6, 6.07) is 21.0. The lowest BCUT2D eigenvalue weighted by Gasteiger charge is -2.14. The molecule has 148 valence electrons. The molecule has 0 radical (unpaired) electrons. The van der Waals surface area contributed by atoms with Crippen LogP contribution in [0, 0.1) is 0 Å². The van der Waals surface area contributed by atoms with Crippen LogP contribution in [0.4, 0.5) is 0 Å². The SMILES string of the molecule is O=C(O)c1ccccc1-c1cc(Cn2cccn2)cc(-c2ccccc2C(=O)O)c1. The summed E-state index contributed by atoms with van der Waals surface area (Å²) in [4.78, 5) is 23.5. The van der Waals surface area contributed by atoms with Crippen molar-refractivity contribution < 1.29 is 19.8 Å². The van der Waals surface area contributed by atoms with Gasteiger partial charge in [-0.3, -0.25) is 4.68 Å². The van der Waals surface area contributed by atoms with Crippen LogP contribution in [0.2, 0.25) is 0 Å². The first-order valence-electron chi connectivity index (χ1n) is 9.30. The molecule has 0 spiro atoms. The molecule has 0 fully saturated rings. The van der Waals surface area contributed by atoms with E-state index in [2.05, 4.69) is 5.10 Å². The fourth-order valence-corrected chi connectivity index (χ4v) is 3.52. The number of hydrogen-bond donors (Lipinski definition) is 2. The Morgan fingerprint density at radius 1 is 0.767 bits per heavy atom. The van der Waals surface area contributed by atoms with Crippen LogP contribution in [0.5, 0.6) is 0 Å². The van der Waals surface area contributed by atoms with Crippen molar-refractivity contribution >= 4 is 11.9 Å². The number of carboxylic acid groups (broad SMARTS) is 2. The van der Waals surface area contributed by atoms with Gasteiger partial charge in [-0.15, -0.1) is 0 Å². The Bertz CT molecular complexity index is 1150. The summed E-state index contributed by atoms with van der Waals surface area (Å²) < 4.78 is 1.76. The molecule has 0 saturated heterocycles. The number of nitrogens with zero attached hydrogens (tertiary/aromatic N) is 2. The molecular formula is C24H18N2O4. The molecule has 0 saturated carbocycles. The van der Waals surface area contributed by atoms with E-state index in [1.807, 2.05) is 30.5 Å². The number of carboxylic acids is 2. The number of hydrogen-bond acceptors (Lipinski definition) is 3. The van der Waals surface area contributed by atoms with E-state index in [1.165, 1.54) is 0 Å². The van der Waals surface area contributed by atoms with E-state index >= 15 is 0 Å². The predicted octanol–water partition coefficient (Wildman–Crippen LogP) is 4.66. The molecular weight excluding hydrogens is 380 g/mol. The van der Waals surface area contributed by atoms with Gasteiger partial charge in [0.1, 0.15) is 0 Å². The lowest BCUT2D eigenvalue weighted by atomic mass is 9.92. The van der Waals surface area contributed by atoms with Gasteiger partial charge >= 0.3 is 11.9 Å². The Kier molecular flexibility index (Phi) is 5.13. The lowest BCUT2D eigenvalue weighted by Crippen LogP contribution is -2.03. The smallest absolute Gasteiger partial charge is 0.336 e. The first-order chi connectivity index (χ1) is 14.5. The van der Waals surface area contributed by atoms with Crippen molar-refractivity contribution in [2.24, 2.45) is 0 Å². The molecule has 4 aromatic rings. The predicted molar refractivity (Wildman–Crippen MR) is 113 cm³/mol. The molecule has 0 bridgehead atoms. The van der Waals surface area contributed by atoms with Crippen LogP contribution in [-0.2, 0) is 6.54 Å². The molecule has 0 aliphatic rings. The van der Waals surface area contributed by atoms with Crippen molar-refractivity contribution in [3.8, 4) is 22.3 Å².